The van der Waals surface area contributed by atoms with E-state index in [1.54, 1.807) is 6.92 Å². The number of nitrogens with two attached hydrogens (primary N) is 1. The van der Waals surface area contributed by atoms with E-state index in [1.165, 1.54) is 24.3 Å². The van der Waals surface area contributed by atoms with E-state index < -0.39 is 11.3 Å². The van der Waals surface area contributed by atoms with Gasteiger partial charge in [0.2, 0.25) is 5.91 Å². The highest BCUT2D eigenvalue weighted by Gasteiger charge is 1.96. The first-order chi connectivity index (χ1) is 7.47. The Kier molecular flexibility index (Phi) is 6.71. The van der Waals surface area contributed by atoms with E-state index in [4.69, 9.17) is 22.4 Å². The first-order valence-corrected chi connectivity index (χ1v) is 4.76. The first kappa shape index (κ1) is 14.2. The van der Waals surface area contributed by atoms with Crippen molar-refractivity contribution in [3.05, 3.63) is 29.8 Å². The third-order valence-electron chi connectivity index (χ3n) is 1.41. The number of benzene rings is 1. The highest BCUT2D eigenvalue weighted by molar-refractivity contribution is 6.61. The molecule has 6 heteroatoms. The third kappa shape index (κ3) is 6.67. The number of rotatable bonds is 2. The Morgan fingerprint density at radius 3 is 2.12 bits per heavy atom. The largest absolute Gasteiger partial charge is 0.508 e. The number of carbonyl (C=O) groups is 2. The zero-order chi connectivity index (χ0) is 12.6. The van der Waals surface area contributed by atoms with Gasteiger partial charge in [0.15, 0.2) is 0 Å². The van der Waals surface area contributed by atoms with Crippen LogP contribution in [0.5, 0.6) is 5.75 Å². The predicted molar refractivity (Wildman–Crippen MR) is 59.5 cm³/mol. The van der Waals surface area contributed by atoms with E-state index in [0.717, 1.165) is 0 Å². The fourth-order valence-corrected chi connectivity index (χ4v) is 0.848. The molecular weight excluding hydrogens is 234 g/mol. The average molecular weight is 246 g/mol. The summed E-state index contributed by atoms with van der Waals surface area (Å²) in [6.45, 7) is 2.04. The number of hydrogen-bond donors (Lipinski definition) is 2. The fraction of sp³-hybridized carbons (Fsp3) is 0.200. The van der Waals surface area contributed by atoms with E-state index in [0.29, 0.717) is 12.2 Å². The Morgan fingerprint density at radius 1 is 1.38 bits per heavy atom. The number of carbonyl (C=O) groups excluding carboxylic acids is 2. The Morgan fingerprint density at radius 2 is 1.88 bits per heavy atom. The maximum Gasteiger partial charge on any atom is 0.403 e. The lowest BCUT2D eigenvalue weighted by molar-refractivity contribution is 0.1000. The summed E-state index contributed by atoms with van der Waals surface area (Å²) in [7, 11) is 0. The molecule has 0 aliphatic carbocycles. The summed E-state index contributed by atoms with van der Waals surface area (Å²) < 4.78 is 4.17. The molecule has 0 atom stereocenters. The van der Waals surface area contributed by atoms with Crippen molar-refractivity contribution in [3.63, 3.8) is 0 Å². The Balaban J connectivity index is 0.000000325. The summed E-state index contributed by atoms with van der Waals surface area (Å²) in [6.07, 6.45) is 0. The van der Waals surface area contributed by atoms with E-state index in [-0.39, 0.29) is 5.75 Å². The van der Waals surface area contributed by atoms with Crippen LogP contribution in [0, 0.1) is 0 Å². The normalized spacial score (nSPS) is 8.62. The van der Waals surface area contributed by atoms with Crippen LogP contribution in [0.25, 0.3) is 0 Å². The van der Waals surface area contributed by atoms with Gasteiger partial charge in [0, 0.05) is 17.2 Å². The monoisotopic (exact) mass is 245 g/mol. The van der Waals surface area contributed by atoms with Crippen molar-refractivity contribution < 1.29 is 19.4 Å². The van der Waals surface area contributed by atoms with Gasteiger partial charge in [0.05, 0.1) is 6.61 Å². The minimum absolute atomic E-state index is 0.130. The molecule has 1 aromatic carbocycles. The lowest BCUT2D eigenvalue weighted by Gasteiger charge is -1.93. The maximum atomic E-state index is 10.5. The van der Waals surface area contributed by atoms with Crippen LogP contribution in [-0.4, -0.2) is 23.0 Å². The SMILES string of the molecule is CCOC(=O)Cl.NC(=O)c1ccc(O)cc1. The lowest BCUT2D eigenvalue weighted by atomic mass is 10.2. The number of primary amides is 1. The van der Waals surface area contributed by atoms with Crippen molar-refractivity contribution >= 4 is 22.9 Å². The second-order valence-electron chi connectivity index (χ2n) is 2.58. The molecular formula is C10H12ClNO4. The molecule has 0 aliphatic heterocycles. The van der Waals surface area contributed by atoms with Gasteiger partial charge in [-0.15, -0.1) is 0 Å². The molecule has 0 heterocycles. The second kappa shape index (κ2) is 7.53. The summed E-state index contributed by atoms with van der Waals surface area (Å²) in [5, 5.41) is 8.79. The zero-order valence-electron chi connectivity index (χ0n) is 8.64. The molecule has 0 saturated carbocycles. The van der Waals surface area contributed by atoms with Crippen LogP contribution >= 0.6 is 11.6 Å². The van der Waals surface area contributed by atoms with E-state index >= 15 is 0 Å². The summed E-state index contributed by atoms with van der Waals surface area (Å²) >= 11 is 4.72. The third-order valence-corrected chi connectivity index (χ3v) is 1.52. The van der Waals surface area contributed by atoms with E-state index in [9.17, 15) is 9.59 Å². The summed E-state index contributed by atoms with van der Waals surface area (Å²) in [5.74, 6) is -0.356. The van der Waals surface area contributed by atoms with Crippen molar-refractivity contribution in [2.45, 2.75) is 6.92 Å². The minimum atomic E-state index is -0.738. The quantitative estimate of drug-likeness (QED) is 0.779. The molecule has 1 rings (SSSR count). The molecule has 0 fully saturated rings. The molecule has 0 saturated heterocycles. The van der Waals surface area contributed by atoms with Crippen molar-refractivity contribution in [2.24, 2.45) is 5.73 Å². The molecule has 0 radical (unpaired) electrons. The predicted octanol–water partition coefficient (Wildman–Crippen LogP) is 1.87. The maximum absolute atomic E-state index is 10.5. The van der Waals surface area contributed by atoms with E-state index in [2.05, 4.69) is 4.74 Å². The molecule has 0 spiro atoms. The van der Waals surface area contributed by atoms with Gasteiger partial charge in [-0.3, -0.25) is 4.79 Å². The van der Waals surface area contributed by atoms with Crippen LogP contribution in [0.1, 0.15) is 17.3 Å². The zero-order valence-corrected chi connectivity index (χ0v) is 9.40. The highest BCUT2D eigenvalue weighted by atomic mass is 35.5. The van der Waals surface area contributed by atoms with Gasteiger partial charge in [0.25, 0.3) is 0 Å². The Hall–Kier alpha value is -1.75. The number of ether oxygens (including phenoxy) is 1. The van der Waals surface area contributed by atoms with Crippen LogP contribution < -0.4 is 5.73 Å². The van der Waals surface area contributed by atoms with Crippen LogP contribution in [0.2, 0.25) is 0 Å². The summed E-state index contributed by atoms with van der Waals surface area (Å²) in [6, 6.07) is 5.77. The lowest BCUT2D eigenvalue weighted by Crippen LogP contribution is -2.10. The van der Waals surface area contributed by atoms with Gasteiger partial charge in [-0.05, 0) is 31.2 Å². The molecule has 0 unspecified atom stereocenters. The van der Waals surface area contributed by atoms with Crippen LogP contribution in [0.15, 0.2) is 24.3 Å². The van der Waals surface area contributed by atoms with Crippen molar-refractivity contribution in [3.8, 4) is 5.75 Å². The molecule has 16 heavy (non-hydrogen) atoms. The number of hydrogen-bond acceptors (Lipinski definition) is 4. The van der Waals surface area contributed by atoms with Crippen molar-refractivity contribution in [1.29, 1.82) is 0 Å². The van der Waals surface area contributed by atoms with Crippen molar-refractivity contribution in [1.82, 2.24) is 0 Å². The first-order valence-electron chi connectivity index (χ1n) is 4.38. The van der Waals surface area contributed by atoms with Gasteiger partial charge >= 0.3 is 5.43 Å². The number of phenols is 1. The molecule has 1 aromatic rings. The topological polar surface area (TPSA) is 89.6 Å². The smallest absolute Gasteiger partial charge is 0.403 e. The van der Waals surface area contributed by atoms with Crippen LogP contribution in [-0.2, 0) is 4.74 Å². The van der Waals surface area contributed by atoms with E-state index in [1.807, 2.05) is 0 Å². The molecule has 3 N–H and O–H groups in total. The second-order valence-corrected chi connectivity index (χ2v) is 2.89. The number of halogens is 1. The molecule has 1 amide bonds. The number of aromatic hydroxyl groups is 1. The average Bonchev–Trinajstić information content (AvgIpc) is 2.19. The molecule has 0 aromatic heterocycles. The van der Waals surface area contributed by atoms with Gasteiger partial charge in [0.1, 0.15) is 5.75 Å². The molecule has 5 nitrogen and oxygen atoms in total. The van der Waals surface area contributed by atoms with Gasteiger partial charge in [-0.2, -0.15) is 0 Å². The van der Waals surface area contributed by atoms with Gasteiger partial charge in [-0.25, -0.2) is 4.79 Å². The minimum Gasteiger partial charge on any atom is -0.508 e. The fourth-order valence-electron chi connectivity index (χ4n) is 0.739. The number of amides is 1. The molecule has 88 valence electrons. The van der Waals surface area contributed by atoms with Gasteiger partial charge < -0.3 is 15.6 Å². The standard InChI is InChI=1S/C7H7NO2.C3H5ClO2/c8-7(10)5-1-3-6(9)4-2-5;1-2-6-3(4)5/h1-4,9H,(H2,8,10);2H2,1H3. The van der Waals surface area contributed by atoms with Crippen LogP contribution in [0.4, 0.5) is 4.79 Å². The molecule has 0 bridgehead atoms. The van der Waals surface area contributed by atoms with Crippen molar-refractivity contribution in [2.75, 3.05) is 6.61 Å². The summed E-state index contributed by atoms with van der Waals surface area (Å²) in [5.41, 5.74) is 4.61. The Bertz CT molecular complexity index is 350. The van der Waals surface area contributed by atoms with Crippen LogP contribution in [0.3, 0.4) is 0 Å². The summed E-state index contributed by atoms with van der Waals surface area (Å²) in [4.78, 5) is 20.0. The Labute approximate surface area is 97.8 Å². The number of phenolic OH excluding ortho intramolecular Hbond substituents is 1. The highest BCUT2D eigenvalue weighted by Crippen LogP contribution is 2.08. The van der Waals surface area contributed by atoms with Gasteiger partial charge in [-0.1, -0.05) is 0 Å². The molecule has 0 aliphatic rings.